The summed E-state index contributed by atoms with van der Waals surface area (Å²) in [6.45, 7) is 2.06. The first-order chi connectivity index (χ1) is 8.31. The second-order valence-electron chi connectivity index (χ2n) is 3.99. The Bertz CT molecular complexity index is 391. The van der Waals surface area contributed by atoms with Gasteiger partial charge in [0.2, 0.25) is 0 Å². The summed E-state index contributed by atoms with van der Waals surface area (Å²) < 4.78 is 10.9. The molecule has 0 bridgehead atoms. The van der Waals surface area contributed by atoms with Crippen LogP contribution in [0, 0.1) is 11.3 Å². The van der Waals surface area contributed by atoms with Gasteiger partial charge in [0.25, 0.3) is 0 Å². The Morgan fingerprint density at radius 2 is 1.94 bits per heavy atom. The lowest BCUT2D eigenvalue weighted by atomic mass is 10.2. The molecule has 4 nitrogen and oxygen atoms in total. The molecule has 1 fully saturated rings. The predicted octanol–water partition coefficient (Wildman–Crippen LogP) is 2.08. The molecule has 1 heterocycles. The molecule has 0 amide bonds. The van der Waals surface area contributed by atoms with Crippen LogP contribution < -0.4 is 4.90 Å². The highest BCUT2D eigenvalue weighted by molar-refractivity contribution is 5.47. The molecule has 0 aliphatic carbocycles. The van der Waals surface area contributed by atoms with E-state index in [1.807, 2.05) is 31.3 Å². The quantitative estimate of drug-likeness (QED) is 0.797. The molecule has 17 heavy (non-hydrogen) atoms. The van der Waals surface area contributed by atoms with Crippen molar-refractivity contribution in [2.75, 3.05) is 31.7 Å². The standard InChI is InChI=1S/C13H16N2O2/c1-15(8-2-7-14)12-5-3-11(4-6-12)13-16-9-10-17-13/h3-6,13H,2,8-10H2,1H3. The first-order valence-corrected chi connectivity index (χ1v) is 5.72. The van der Waals surface area contributed by atoms with Crippen molar-refractivity contribution in [3.05, 3.63) is 29.8 Å². The Kier molecular flexibility index (Phi) is 3.97. The fourth-order valence-corrected chi connectivity index (χ4v) is 1.78. The van der Waals surface area contributed by atoms with Gasteiger partial charge < -0.3 is 14.4 Å². The summed E-state index contributed by atoms with van der Waals surface area (Å²) in [5.74, 6) is 0. The van der Waals surface area contributed by atoms with E-state index < -0.39 is 0 Å². The van der Waals surface area contributed by atoms with E-state index in [-0.39, 0.29) is 6.29 Å². The Morgan fingerprint density at radius 3 is 2.53 bits per heavy atom. The highest BCUT2D eigenvalue weighted by atomic mass is 16.7. The maximum atomic E-state index is 8.54. The third-order valence-corrected chi connectivity index (χ3v) is 2.79. The average molecular weight is 232 g/mol. The number of hydrogen-bond acceptors (Lipinski definition) is 4. The van der Waals surface area contributed by atoms with Crippen molar-refractivity contribution < 1.29 is 9.47 Å². The lowest BCUT2D eigenvalue weighted by Crippen LogP contribution is -2.17. The van der Waals surface area contributed by atoms with Crippen molar-refractivity contribution in [2.24, 2.45) is 0 Å². The minimum atomic E-state index is -0.214. The van der Waals surface area contributed by atoms with Gasteiger partial charge in [0.05, 0.1) is 25.7 Å². The fraction of sp³-hybridized carbons (Fsp3) is 0.462. The van der Waals surface area contributed by atoms with E-state index in [1.165, 1.54) is 0 Å². The molecule has 0 spiro atoms. The van der Waals surface area contributed by atoms with Crippen molar-refractivity contribution in [3.63, 3.8) is 0 Å². The highest BCUT2D eigenvalue weighted by Crippen LogP contribution is 2.25. The van der Waals surface area contributed by atoms with Crippen molar-refractivity contribution in [3.8, 4) is 6.07 Å². The zero-order valence-corrected chi connectivity index (χ0v) is 9.93. The summed E-state index contributed by atoms with van der Waals surface area (Å²) in [4.78, 5) is 2.06. The van der Waals surface area contributed by atoms with Crippen molar-refractivity contribution in [1.29, 1.82) is 5.26 Å². The second kappa shape index (κ2) is 5.67. The van der Waals surface area contributed by atoms with Crippen LogP contribution in [0.4, 0.5) is 5.69 Å². The van der Waals surface area contributed by atoms with Crippen LogP contribution >= 0.6 is 0 Å². The number of ether oxygens (including phenoxy) is 2. The summed E-state index contributed by atoms with van der Waals surface area (Å²) in [6, 6.07) is 10.2. The molecule has 1 saturated heterocycles. The maximum Gasteiger partial charge on any atom is 0.184 e. The van der Waals surface area contributed by atoms with Crippen LogP contribution in [0.5, 0.6) is 0 Å². The van der Waals surface area contributed by atoms with Crippen molar-refractivity contribution >= 4 is 5.69 Å². The first kappa shape index (κ1) is 11.9. The van der Waals surface area contributed by atoms with Crippen LogP contribution in [0.25, 0.3) is 0 Å². The fourth-order valence-electron chi connectivity index (χ4n) is 1.78. The van der Waals surface area contributed by atoms with Gasteiger partial charge in [-0.1, -0.05) is 12.1 Å². The van der Waals surface area contributed by atoms with Crippen molar-refractivity contribution in [2.45, 2.75) is 12.7 Å². The monoisotopic (exact) mass is 232 g/mol. The predicted molar refractivity (Wildman–Crippen MR) is 64.6 cm³/mol. The number of nitriles is 1. The molecule has 0 N–H and O–H groups in total. The molecule has 0 atom stereocenters. The molecule has 0 aromatic heterocycles. The van der Waals surface area contributed by atoms with Gasteiger partial charge in [-0.15, -0.1) is 0 Å². The summed E-state index contributed by atoms with van der Waals surface area (Å²) >= 11 is 0. The van der Waals surface area contributed by atoms with Crippen LogP contribution in [0.3, 0.4) is 0 Å². The number of anilines is 1. The van der Waals surface area contributed by atoms with E-state index in [0.29, 0.717) is 19.6 Å². The zero-order valence-electron chi connectivity index (χ0n) is 9.93. The zero-order chi connectivity index (χ0) is 12.1. The molecule has 90 valence electrons. The summed E-state index contributed by atoms with van der Waals surface area (Å²) in [7, 11) is 1.98. The minimum absolute atomic E-state index is 0.214. The molecule has 4 heteroatoms. The summed E-state index contributed by atoms with van der Waals surface area (Å²) in [6.07, 6.45) is 0.320. The van der Waals surface area contributed by atoms with Crippen LogP contribution in [-0.2, 0) is 9.47 Å². The molecule has 1 aromatic rings. The highest BCUT2D eigenvalue weighted by Gasteiger charge is 2.17. The van der Waals surface area contributed by atoms with Crippen LogP contribution in [-0.4, -0.2) is 26.8 Å². The lowest BCUT2D eigenvalue weighted by molar-refractivity contribution is -0.0441. The van der Waals surface area contributed by atoms with E-state index in [4.69, 9.17) is 14.7 Å². The third kappa shape index (κ3) is 2.96. The molecule has 2 rings (SSSR count). The largest absolute Gasteiger partial charge is 0.374 e. The Balaban J connectivity index is 1.99. The van der Waals surface area contributed by atoms with Gasteiger partial charge in [-0.2, -0.15) is 5.26 Å². The number of rotatable bonds is 4. The van der Waals surface area contributed by atoms with E-state index in [9.17, 15) is 0 Å². The molecule has 0 saturated carbocycles. The number of nitrogens with zero attached hydrogens (tertiary/aromatic N) is 2. The second-order valence-corrected chi connectivity index (χ2v) is 3.99. The molecule has 1 aliphatic heterocycles. The van der Waals surface area contributed by atoms with Crippen LogP contribution in [0.2, 0.25) is 0 Å². The van der Waals surface area contributed by atoms with Crippen LogP contribution in [0.15, 0.2) is 24.3 Å². The van der Waals surface area contributed by atoms with Gasteiger partial charge in [-0.25, -0.2) is 0 Å². The van der Waals surface area contributed by atoms with E-state index in [1.54, 1.807) is 0 Å². The Morgan fingerprint density at radius 1 is 1.29 bits per heavy atom. The van der Waals surface area contributed by atoms with Gasteiger partial charge in [-0.05, 0) is 12.1 Å². The first-order valence-electron chi connectivity index (χ1n) is 5.72. The Hall–Kier alpha value is -1.57. The molecule has 1 aliphatic rings. The van der Waals surface area contributed by atoms with Gasteiger partial charge >= 0.3 is 0 Å². The summed E-state index contributed by atoms with van der Waals surface area (Å²) in [5, 5.41) is 8.54. The average Bonchev–Trinajstić information content (AvgIpc) is 2.90. The van der Waals surface area contributed by atoms with Crippen molar-refractivity contribution in [1.82, 2.24) is 0 Å². The van der Waals surface area contributed by atoms with E-state index in [2.05, 4.69) is 11.0 Å². The van der Waals surface area contributed by atoms with Gasteiger partial charge in [0, 0.05) is 24.8 Å². The molecule has 1 aromatic carbocycles. The van der Waals surface area contributed by atoms with Gasteiger partial charge in [-0.3, -0.25) is 0 Å². The molecular weight excluding hydrogens is 216 g/mol. The van der Waals surface area contributed by atoms with Gasteiger partial charge in [0.1, 0.15) is 0 Å². The number of benzene rings is 1. The molecule has 0 radical (unpaired) electrons. The Labute approximate surface area is 101 Å². The smallest absolute Gasteiger partial charge is 0.184 e. The normalized spacial score (nSPS) is 15.8. The third-order valence-electron chi connectivity index (χ3n) is 2.79. The summed E-state index contributed by atoms with van der Waals surface area (Å²) in [5.41, 5.74) is 2.14. The van der Waals surface area contributed by atoms with Gasteiger partial charge in [0.15, 0.2) is 6.29 Å². The lowest BCUT2D eigenvalue weighted by Gasteiger charge is -2.18. The molecule has 0 unspecified atom stereocenters. The topological polar surface area (TPSA) is 45.5 Å². The van der Waals surface area contributed by atoms with Crippen LogP contribution in [0.1, 0.15) is 18.3 Å². The van der Waals surface area contributed by atoms with E-state index in [0.717, 1.165) is 17.8 Å². The van der Waals surface area contributed by atoms with E-state index >= 15 is 0 Å². The molecular formula is C13H16N2O2. The minimum Gasteiger partial charge on any atom is -0.374 e. The number of hydrogen-bond donors (Lipinski definition) is 0. The SMILES string of the molecule is CN(CCC#N)c1ccc(C2OCCO2)cc1. The maximum absolute atomic E-state index is 8.54.